The lowest BCUT2D eigenvalue weighted by atomic mass is 10.1. The van der Waals surface area contributed by atoms with Gasteiger partial charge < -0.3 is 14.7 Å². The Bertz CT molecular complexity index is 591. The van der Waals surface area contributed by atoms with Crippen LogP contribution in [0.5, 0.6) is 5.75 Å². The molecule has 2 N–H and O–H groups in total. The van der Waals surface area contributed by atoms with Gasteiger partial charge in [-0.3, -0.25) is 5.41 Å². The Hall–Kier alpha value is -2.07. The number of aliphatic hydroxyl groups is 1. The monoisotopic (exact) mass is 272 g/mol. The number of amidine groups is 1. The van der Waals surface area contributed by atoms with Gasteiger partial charge >= 0.3 is 0 Å². The van der Waals surface area contributed by atoms with E-state index >= 15 is 0 Å². The number of aliphatic hydroxyl groups excluding tert-OH is 1. The third-order valence-electron chi connectivity index (χ3n) is 3.15. The first-order chi connectivity index (χ1) is 9.58. The van der Waals surface area contributed by atoms with E-state index in [-0.39, 0.29) is 13.0 Å². The van der Waals surface area contributed by atoms with Crippen molar-refractivity contribution >= 4 is 16.6 Å². The van der Waals surface area contributed by atoms with Gasteiger partial charge in [0.1, 0.15) is 12.4 Å². The molecule has 1 atom stereocenters. The Labute approximate surface area is 119 Å². The summed E-state index contributed by atoms with van der Waals surface area (Å²) < 4.78 is 5.70. The molecule has 0 aliphatic carbocycles. The summed E-state index contributed by atoms with van der Waals surface area (Å²) >= 11 is 0. The third-order valence-corrected chi connectivity index (χ3v) is 3.15. The van der Waals surface area contributed by atoms with Gasteiger partial charge in [0.15, 0.2) is 0 Å². The highest BCUT2D eigenvalue weighted by molar-refractivity contribution is 5.88. The van der Waals surface area contributed by atoms with Crippen LogP contribution in [0.3, 0.4) is 0 Å². The molecule has 1 unspecified atom stereocenters. The maximum Gasteiger partial charge on any atom is 0.127 e. The van der Waals surface area contributed by atoms with E-state index in [4.69, 9.17) is 10.1 Å². The molecule has 0 aliphatic rings. The van der Waals surface area contributed by atoms with E-state index in [1.165, 1.54) is 0 Å². The van der Waals surface area contributed by atoms with Crippen molar-refractivity contribution in [3.05, 3.63) is 42.5 Å². The summed E-state index contributed by atoms with van der Waals surface area (Å²) in [6, 6.07) is 13.8. The second-order valence-electron chi connectivity index (χ2n) is 4.99. The zero-order chi connectivity index (χ0) is 14.5. The number of hydrogen-bond acceptors (Lipinski definition) is 3. The van der Waals surface area contributed by atoms with Crippen molar-refractivity contribution in [2.45, 2.75) is 12.5 Å². The van der Waals surface area contributed by atoms with E-state index in [2.05, 4.69) is 0 Å². The Morgan fingerprint density at radius 1 is 1.20 bits per heavy atom. The maximum absolute atomic E-state index is 9.91. The molecule has 20 heavy (non-hydrogen) atoms. The van der Waals surface area contributed by atoms with Gasteiger partial charge in [-0.25, -0.2) is 0 Å². The molecule has 0 saturated heterocycles. The summed E-state index contributed by atoms with van der Waals surface area (Å²) in [5.74, 6) is 1.15. The van der Waals surface area contributed by atoms with Crippen LogP contribution >= 0.6 is 0 Å². The van der Waals surface area contributed by atoms with Crippen molar-refractivity contribution in [1.29, 1.82) is 5.41 Å². The van der Waals surface area contributed by atoms with Crippen LogP contribution in [0.2, 0.25) is 0 Å². The van der Waals surface area contributed by atoms with Gasteiger partial charge in [-0.05, 0) is 11.5 Å². The molecule has 0 spiro atoms. The Morgan fingerprint density at radius 2 is 1.90 bits per heavy atom. The molecule has 0 aromatic heterocycles. The van der Waals surface area contributed by atoms with E-state index in [0.29, 0.717) is 5.84 Å². The van der Waals surface area contributed by atoms with Gasteiger partial charge in [-0.1, -0.05) is 36.4 Å². The van der Waals surface area contributed by atoms with Crippen molar-refractivity contribution in [2.24, 2.45) is 0 Å². The summed E-state index contributed by atoms with van der Waals surface area (Å²) in [4.78, 5) is 1.68. The summed E-state index contributed by atoms with van der Waals surface area (Å²) in [7, 11) is 3.58. The normalized spacial score (nSPS) is 12.2. The molecule has 0 heterocycles. The minimum atomic E-state index is -0.677. The average molecular weight is 272 g/mol. The molecular formula is C16H20N2O2. The van der Waals surface area contributed by atoms with Crippen molar-refractivity contribution < 1.29 is 9.84 Å². The lowest BCUT2D eigenvalue weighted by molar-refractivity contribution is 0.112. The molecule has 0 saturated carbocycles. The lowest BCUT2D eigenvalue weighted by Crippen LogP contribution is -2.28. The first-order valence-corrected chi connectivity index (χ1v) is 6.61. The second-order valence-corrected chi connectivity index (χ2v) is 4.99. The molecule has 0 aliphatic heterocycles. The molecule has 4 nitrogen and oxygen atoms in total. The molecule has 2 aromatic carbocycles. The maximum atomic E-state index is 9.91. The number of rotatable bonds is 5. The second kappa shape index (κ2) is 6.39. The van der Waals surface area contributed by atoms with Crippen LogP contribution in [-0.4, -0.2) is 42.6 Å². The zero-order valence-electron chi connectivity index (χ0n) is 11.8. The summed E-state index contributed by atoms with van der Waals surface area (Å²) in [6.45, 7) is 0.185. The first kappa shape index (κ1) is 14.3. The van der Waals surface area contributed by atoms with Crippen molar-refractivity contribution in [2.75, 3.05) is 20.7 Å². The van der Waals surface area contributed by atoms with E-state index in [1.807, 2.05) is 42.5 Å². The van der Waals surface area contributed by atoms with Gasteiger partial charge in [-0.15, -0.1) is 0 Å². The highest BCUT2D eigenvalue weighted by atomic mass is 16.5. The number of ether oxygens (including phenoxy) is 1. The number of hydrogen-bond donors (Lipinski definition) is 2. The van der Waals surface area contributed by atoms with E-state index in [0.717, 1.165) is 16.5 Å². The quantitative estimate of drug-likeness (QED) is 0.649. The van der Waals surface area contributed by atoms with Gasteiger partial charge in [0.2, 0.25) is 0 Å². The van der Waals surface area contributed by atoms with Crippen LogP contribution in [-0.2, 0) is 0 Å². The van der Waals surface area contributed by atoms with Crippen molar-refractivity contribution in [3.8, 4) is 5.75 Å². The topological polar surface area (TPSA) is 56.6 Å². The molecule has 0 bridgehead atoms. The van der Waals surface area contributed by atoms with Gasteiger partial charge in [-0.2, -0.15) is 0 Å². The Morgan fingerprint density at radius 3 is 2.65 bits per heavy atom. The molecule has 0 radical (unpaired) electrons. The fourth-order valence-corrected chi connectivity index (χ4v) is 1.97. The Kier molecular flexibility index (Phi) is 4.58. The lowest BCUT2D eigenvalue weighted by Gasteiger charge is -2.18. The van der Waals surface area contributed by atoms with Crippen LogP contribution in [0.1, 0.15) is 6.42 Å². The molecule has 2 rings (SSSR count). The number of nitrogens with one attached hydrogen (secondary N) is 1. The van der Waals surface area contributed by atoms with Crippen LogP contribution in [0.25, 0.3) is 10.8 Å². The predicted molar refractivity (Wildman–Crippen MR) is 81.5 cm³/mol. The Balaban J connectivity index is 2.01. The minimum absolute atomic E-state index is 0.185. The van der Waals surface area contributed by atoms with Crippen LogP contribution < -0.4 is 4.74 Å². The summed E-state index contributed by atoms with van der Waals surface area (Å²) in [6.07, 6.45) is -0.388. The summed E-state index contributed by atoms with van der Waals surface area (Å²) in [5, 5.41) is 19.8. The van der Waals surface area contributed by atoms with Gasteiger partial charge in [0, 0.05) is 25.9 Å². The molecule has 4 heteroatoms. The van der Waals surface area contributed by atoms with E-state index in [1.54, 1.807) is 19.0 Å². The highest BCUT2D eigenvalue weighted by Gasteiger charge is 2.11. The molecular weight excluding hydrogens is 252 g/mol. The predicted octanol–water partition coefficient (Wildman–Crippen LogP) is 2.51. The molecule has 0 amide bonds. The van der Waals surface area contributed by atoms with E-state index in [9.17, 15) is 5.11 Å². The van der Waals surface area contributed by atoms with Crippen LogP contribution in [0.15, 0.2) is 42.5 Å². The molecule has 2 aromatic rings. The number of fused-ring (bicyclic) bond motifs is 1. The third kappa shape index (κ3) is 3.48. The van der Waals surface area contributed by atoms with Gasteiger partial charge in [0.05, 0.1) is 11.9 Å². The fourth-order valence-electron chi connectivity index (χ4n) is 1.97. The molecule has 106 valence electrons. The average Bonchev–Trinajstić information content (AvgIpc) is 2.44. The van der Waals surface area contributed by atoms with Crippen LogP contribution in [0.4, 0.5) is 0 Å². The number of benzene rings is 2. The highest BCUT2D eigenvalue weighted by Crippen LogP contribution is 2.25. The fraction of sp³-hybridized carbons (Fsp3) is 0.312. The largest absolute Gasteiger partial charge is 0.490 e. The van der Waals surface area contributed by atoms with Crippen molar-refractivity contribution in [1.82, 2.24) is 4.90 Å². The van der Waals surface area contributed by atoms with Gasteiger partial charge in [0.25, 0.3) is 0 Å². The van der Waals surface area contributed by atoms with E-state index < -0.39 is 6.10 Å². The standard InChI is InChI=1S/C16H20N2O2/c1-18(2)16(17)10-13(19)11-20-15-9-5-7-12-6-3-4-8-14(12)15/h3-9,13,17,19H,10-11H2,1-2H3. The smallest absolute Gasteiger partial charge is 0.127 e. The minimum Gasteiger partial charge on any atom is -0.490 e. The summed E-state index contributed by atoms with van der Waals surface area (Å²) in [5.41, 5.74) is 0. The molecule has 0 fully saturated rings. The van der Waals surface area contributed by atoms with Crippen molar-refractivity contribution in [3.63, 3.8) is 0 Å². The zero-order valence-corrected chi connectivity index (χ0v) is 11.8. The van der Waals surface area contributed by atoms with Crippen LogP contribution in [0, 0.1) is 5.41 Å². The first-order valence-electron chi connectivity index (χ1n) is 6.61. The SMILES string of the molecule is CN(C)C(=N)CC(O)COc1cccc2ccccc12. The number of nitrogens with zero attached hydrogens (tertiary/aromatic N) is 1.